The van der Waals surface area contributed by atoms with E-state index in [2.05, 4.69) is 60.2 Å². The average molecular weight is 358 g/mol. The van der Waals surface area contributed by atoms with Crippen LogP contribution in [0.15, 0.2) is 24.3 Å². The highest BCUT2D eigenvalue weighted by molar-refractivity contribution is 5.92. The Morgan fingerprint density at radius 1 is 1.08 bits per heavy atom. The van der Waals surface area contributed by atoms with Gasteiger partial charge in [-0.25, -0.2) is 0 Å². The lowest BCUT2D eigenvalue weighted by molar-refractivity contribution is -0.121. The molecule has 4 heteroatoms. The zero-order chi connectivity index (χ0) is 18.5. The van der Waals surface area contributed by atoms with E-state index in [1.807, 2.05) is 0 Å². The average Bonchev–Trinajstić information content (AvgIpc) is 2.65. The van der Waals surface area contributed by atoms with Crippen molar-refractivity contribution in [2.75, 3.05) is 25.0 Å². The van der Waals surface area contributed by atoms with Gasteiger partial charge in [0.05, 0.1) is 0 Å². The van der Waals surface area contributed by atoms with Crippen molar-refractivity contribution in [2.45, 2.75) is 71.5 Å². The van der Waals surface area contributed by atoms with E-state index in [1.54, 1.807) is 0 Å². The Morgan fingerprint density at radius 3 is 2.38 bits per heavy atom. The van der Waals surface area contributed by atoms with Crippen LogP contribution < -0.4 is 5.32 Å². The normalized spacial score (nSPS) is 23.3. The second kappa shape index (κ2) is 9.01. The van der Waals surface area contributed by atoms with Crippen LogP contribution in [-0.4, -0.2) is 47.4 Å². The van der Waals surface area contributed by atoms with Crippen molar-refractivity contribution < 1.29 is 4.79 Å². The molecule has 1 atom stereocenters. The number of hydrogen-bond donors (Lipinski definition) is 1. The van der Waals surface area contributed by atoms with Crippen LogP contribution in [0, 0.1) is 5.92 Å². The Bertz CT molecular complexity index is 576. The second-order valence-electron chi connectivity index (χ2n) is 8.41. The number of nitrogens with zero attached hydrogens (tertiary/aromatic N) is 2. The lowest BCUT2D eigenvalue weighted by atomic mass is 9.95. The number of piperidine rings is 2. The fraction of sp³-hybridized carbons (Fsp3) is 0.682. The SMILES string of the molecule is CC(C)N1CCC(C(=O)Nc2ccc(CN3CCCC[C@H]3C)cc2)CC1. The molecule has 0 aromatic heterocycles. The fourth-order valence-corrected chi connectivity index (χ4v) is 4.24. The van der Waals surface area contributed by atoms with Gasteiger partial charge >= 0.3 is 0 Å². The molecule has 1 aromatic carbocycles. The maximum Gasteiger partial charge on any atom is 0.227 e. The number of anilines is 1. The van der Waals surface area contributed by atoms with Crippen molar-refractivity contribution in [1.29, 1.82) is 0 Å². The van der Waals surface area contributed by atoms with Crippen molar-refractivity contribution in [3.05, 3.63) is 29.8 Å². The third kappa shape index (κ3) is 5.08. The van der Waals surface area contributed by atoms with Gasteiger partial charge in [-0.15, -0.1) is 0 Å². The monoisotopic (exact) mass is 357 g/mol. The van der Waals surface area contributed by atoms with Crippen LogP contribution in [0.3, 0.4) is 0 Å². The van der Waals surface area contributed by atoms with Gasteiger partial charge in [-0.2, -0.15) is 0 Å². The summed E-state index contributed by atoms with van der Waals surface area (Å²) in [5.41, 5.74) is 2.26. The largest absolute Gasteiger partial charge is 0.326 e. The van der Waals surface area contributed by atoms with E-state index in [-0.39, 0.29) is 11.8 Å². The molecule has 1 aromatic rings. The number of hydrogen-bond acceptors (Lipinski definition) is 3. The molecule has 26 heavy (non-hydrogen) atoms. The summed E-state index contributed by atoms with van der Waals surface area (Å²) in [5, 5.41) is 3.12. The highest BCUT2D eigenvalue weighted by Crippen LogP contribution is 2.22. The number of carbonyl (C=O) groups excluding carboxylic acids is 1. The predicted molar refractivity (Wildman–Crippen MR) is 108 cm³/mol. The number of amides is 1. The Kier molecular flexibility index (Phi) is 6.71. The molecule has 144 valence electrons. The molecule has 0 radical (unpaired) electrons. The molecule has 2 aliphatic heterocycles. The molecule has 4 nitrogen and oxygen atoms in total. The third-order valence-electron chi connectivity index (χ3n) is 6.18. The van der Waals surface area contributed by atoms with E-state index in [1.165, 1.54) is 31.4 Å². The maximum atomic E-state index is 12.6. The molecular weight excluding hydrogens is 322 g/mol. The number of likely N-dealkylation sites (tertiary alicyclic amines) is 2. The minimum absolute atomic E-state index is 0.152. The molecule has 0 bridgehead atoms. The molecule has 2 aliphatic rings. The van der Waals surface area contributed by atoms with Crippen molar-refractivity contribution in [3.8, 4) is 0 Å². The Balaban J connectivity index is 1.49. The zero-order valence-electron chi connectivity index (χ0n) is 16.7. The number of benzene rings is 1. The third-order valence-corrected chi connectivity index (χ3v) is 6.18. The van der Waals surface area contributed by atoms with Gasteiger partial charge < -0.3 is 10.2 Å². The van der Waals surface area contributed by atoms with E-state index in [9.17, 15) is 4.79 Å². The molecule has 2 fully saturated rings. The Labute approximate surface area is 158 Å². The van der Waals surface area contributed by atoms with Gasteiger partial charge in [0.15, 0.2) is 0 Å². The molecule has 0 spiro atoms. The van der Waals surface area contributed by atoms with E-state index in [0.717, 1.165) is 38.2 Å². The minimum atomic E-state index is 0.152. The summed E-state index contributed by atoms with van der Waals surface area (Å²) in [7, 11) is 0. The van der Waals surface area contributed by atoms with Gasteiger partial charge in [-0.3, -0.25) is 9.69 Å². The molecule has 2 saturated heterocycles. The molecular formula is C22H35N3O. The van der Waals surface area contributed by atoms with E-state index < -0.39 is 0 Å². The van der Waals surface area contributed by atoms with Crippen LogP contribution in [-0.2, 0) is 11.3 Å². The fourth-order valence-electron chi connectivity index (χ4n) is 4.24. The van der Waals surface area contributed by atoms with Crippen LogP contribution >= 0.6 is 0 Å². The Hall–Kier alpha value is -1.39. The summed E-state index contributed by atoms with van der Waals surface area (Å²) in [4.78, 5) is 17.6. The van der Waals surface area contributed by atoms with Crippen molar-refractivity contribution >= 4 is 11.6 Å². The molecule has 2 heterocycles. The maximum absolute atomic E-state index is 12.6. The van der Waals surface area contributed by atoms with Crippen LogP contribution in [0.5, 0.6) is 0 Å². The van der Waals surface area contributed by atoms with Gasteiger partial charge in [-0.05, 0) is 83.8 Å². The van der Waals surface area contributed by atoms with Gasteiger partial charge in [0.25, 0.3) is 0 Å². The zero-order valence-corrected chi connectivity index (χ0v) is 16.7. The smallest absolute Gasteiger partial charge is 0.227 e. The van der Waals surface area contributed by atoms with E-state index >= 15 is 0 Å². The molecule has 0 saturated carbocycles. The van der Waals surface area contributed by atoms with Crippen molar-refractivity contribution in [3.63, 3.8) is 0 Å². The summed E-state index contributed by atoms with van der Waals surface area (Å²) >= 11 is 0. The summed E-state index contributed by atoms with van der Waals surface area (Å²) in [6.45, 7) is 11.1. The summed E-state index contributed by atoms with van der Waals surface area (Å²) < 4.78 is 0. The topological polar surface area (TPSA) is 35.6 Å². The molecule has 1 amide bonds. The standard InChI is InChI=1S/C22H35N3O/c1-17(2)24-14-11-20(12-15-24)22(26)23-21-9-7-19(8-10-21)16-25-13-5-4-6-18(25)3/h7-10,17-18,20H,4-6,11-16H2,1-3H3,(H,23,26)/t18-/m1/s1. The summed E-state index contributed by atoms with van der Waals surface area (Å²) in [6, 6.07) is 9.71. The molecule has 3 rings (SSSR count). The molecule has 1 N–H and O–H groups in total. The molecule has 0 unspecified atom stereocenters. The first-order chi connectivity index (χ1) is 12.5. The first kappa shape index (κ1) is 19.4. The summed E-state index contributed by atoms with van der Waals surface area (Å²) in [5.74, 6) is 0.338. The Morgan fingerprint density at radius 2 is 1.77 bits per heavy atom. The van der Waals surface area contributed by atoms with E-state index in [0.29, 0.717) is 12.1 Å². The lowest BCUT2D eigenvalue weighted by Gasteiger charge is -2.34. The summed E-state index contributed by atoms with van der Waals surface area (Å²) in [6.07, 6.45) is 5.92. The minimum Gasteiger partial charge on any atom is -0.326 e. The van der Waals surface area contributed by atoms with Crippen LogP contribution in [0.25, 0.3) is 0 Å². The van der Waals surface area contributed by atoms with Crippen LogP contribution in [0.4, 0.5) is 5.69 Å². The highest BCUT2D eigenvalue weighted by atomic mass is 16.1. The van der Waals surface area contributed by atoms with Gasteiger partial charge in [0.2, 0.25) is 5.91 Å². The van der Waals surface area contributed by atoms with Crippen LogP contribution in [0.2, 0.25) is 0 Å². The van der Waals surface area contributed by atoms with Crippen molar-refractivity contribution in [1.82, 2.24) is 9.80 Å². The second-order valence-corrected chi connectivity index (χ2v) is 8.41. The quantitative estimate of drug-likeness (QED) is 0.861. The van der Waals surface area contributed by atoms with Crippen LogP contribution in [0.1, 0.15) is 58.4 Å². The van der Waals surface area contributed by atoms with E-state index in [4.69, 9.17) is 0 Å². The molecule has 0 aliphatic carbocycles. The van der Waals surface area contributed by atoms with Gasteiger partial charge in [-0.1, -0.05) is 18.6 Å². The highest BCUT2D eigenvalue weighted by Gasteiger charge is 2.26. The van der Waals surface area contributed by atoms with Gasteiger partial charge in [0.1, 0.15) is 0 Å². The number of carbonyl (C=O) groups is 1. The first-order valence-corrected chi connectivity index (χ1v) is 10.4. The number of nitrogens with one attached hydrogen (secondary N) is 1. The predicted octanol–water partition coefficient (Wildman–Crippen LogP) is 4.12. The first-order valence-electron chi connectivity index (χ1n) is 10.4. The number of rotatable bonds is 5. The van der Waals surface area contributed by atoms with Gasteiger partial charge in [0, 0.05) is 30.2 Å². The van der Waals surface area contributed by atoms with Crippen molar-refractivity contribution in [2.24, 2.45) is 5.92 Å². The lowest BCUT2D eigenvalue weighted by Crippen LogP contribution is -2.41.